The third-order valence-corrected chi connectivity index (χ3v) is 5.68. The van der Waals surface area contributed by atoms with Crippen LogP contribution in [0.4, 0.5) is 17.1 Å². The van der Waals surface area contributed by atoms with E-state index in [1.54, 1.807) is 24.3 Å². The van der Waals surface area contributed by atoms with Crippen LogP contribution in [0, 0.1) is 0 Å². The van der Waals surface area contributed by atoms with E-state index in [0.717, 1.165) is 17.1 Å². The van der Waals surface area contributed by atoms with Gasteiger partial charge in [-0.25, -0.2) is 0 Å². The molecule has 0 heterocycles. The zero-order valence-electron chi connectivity index (χ0n) is 20.9. The van der Waals surface area contributed by atoms with Crippen molar-refractivity contribution in [1.82, 2.24) is 5.32 Å². The predicted octanol–water partition coefficient (Wildman–Crippen LogP) is 5.58. The minimum atomic E-state index is -2.21. The lowest BCUT2D eigenvalue weighted by atomic mass is 9.94. The maximum absolute atomic E-state index is 11.0. The summed E-state index contributed by atoms with van der Waals surface area (Å²) in [6.07, 6.45) is 6.30. The molecular formula is C25H39ClN3O4S-. The van der Waals surface area contributed by atoms with E-state index in [1.165, 1.54) is 32.1 Å². The van der Waals surface area contributed by atoms with Crippen LogP contribution < -0.4 is 15.5 Å². The molecule has 2 aromatic carbocycles. The first-order valence-electron chi connectivity index (χ1n) is 11.1. The van der Waals surface area contributed by atoms with Gasteiger partial charge in [-0.1, -0.05) is 44.7 Å². The van der Waals surface area contributed by atoms with Gasteiger partial charge in [-0.15, -0.1) is 0 Å². The second kappa shape index (κ2) is 21.3. The Bertz CT molecular complexity index is 801. The van der Waals surface area contributed by atoms with E-state index in [1.807, 2.05) is 59.7 Å². The molecule has 0 radical (unpaired) electrons. The number of hydrogen-bond acceptors (Lipinski definition) is 7. The summed E-state index contributed by atoms with van der Waals surface area (Å²) >= 11 is 3.99. The number of nitrogens with one attached hydrogen (secondary N) is 2. The summed E-state index contributed by atoms with van der Waals surface area (Å²) in [5, 5.41) is 6.79. The number of anilines is 3. The summed E-state index contributed by atoms with van der Waals surface area (Å²) in [6.45, 7) is 8.00. The summed E-state index contributed by atoms with van der Waals surface area (Å²) < 4.78 is 22.0. The molecule has 0 spiro atoms. The molecule has 0 aromatic heterocycles. The smallest absolute Gasteiger partial charge is 0.106 e. The van der Waals surface area contributed by atoms with Gasteiger partial charge in [0, 0.05) is 28.7 Å². The van der Waals surface area contributed by atoms with Gasteiger partial charge in [-0.2, -0.15) is 0 Å². The van der Waals surface area contributed by atoms with Crippen molar-refractivity contribution in [2.75, 3.05) is 31.4 Å². The van der Waals surface area contributed by atoms with E-state index in [4.69, 9.17) is 21.2 Å². The van der Waals surface area contributed by atoms with Crippen molar-refractivity contribution in [2.45, 2.75) is 56.9 Å². The third-order valence-electron chi connectivity index (χ3n) is 4.79. The molecular weight excluding hydrogens is 474 g/mol. The van der Waals surface area contributed by atoms with Gasteiger partial charge in [0.15, 0.2) is 0 Å². The van der Waals surface area contributed by atoms with Gasteiger partial charge in [0.2, 0.25) is 0 Å². The van der Waals surface area contributed by atoms with Gasteiger partial charge in [-0.05, 0) is 80.5 Å². The number of rotatable bonds is 5. The number of carbonyl (C=O) groups is 2. The molecule has 0 saturated heterocycles. The van der Waals surface area contributed by atoms with E-state index < -0.39 is 11.1 Å². The van der Waals surface area contributed by atoms with Crippen molar-refractivity contribution in [1.29, 1.82) is 0 Å². The third kappa shape index (κ3) is 12.3. The highest BCUT2D eigenvalue weighted by molar-refractivity contribution is 7.79. The van der Waals surface area contributed by atoms with Crippen LogP contribution in [0.1, 0.15) is 46.0 Å². The highest BCUT2D eigenvalue weighted by atomic mass is 35.5. The van der Waals surface area contributed by atoms with Crippen LogP contribution in [0.15, 0.2) is 47.4 Å². The quantitative estimate of drug-likeness (QED) is 0.504. The van der Waals surface area contributed by atoms with E-state index in [0.29, 0.717) is 11.1 Å². The van der Waals surface area contributed by atoms with Crippen molar-refractivity contribution in [3.63, 3.8) is 0 Å². The average molecular weight is 513 g/mol. The fourth-order valence-corrected chi connectivity index (χ4v) is 3.92. The maximum Gasteiger partial charge on any atom is 0.106 e. The van der Waals surface area contributed by atoms with Crippen LogP contribution in [0.2, 0.25) is 5.02 Å². The van der Waals surface area contributed by atoms with Crippen LogP contribution in [0.5, 0.6) is 0 Å². The number of benzene rings is 2. The first kappa shape index (κ1) is 33.9. The molecule has 1 saturated carbocycles. The molecule has 1 unspecified atom stereocenters. The van der Waals surface area contributed by atoms with Crippen molar-refractivity contribution in [3.05, 3.63) is 47.5 Å². The Morgan fingerprint density at radius 3 is 1.94 bits per heavy atom. The molecule has 2 aromatic rings. The molecule has 1 aliphatic rings. The normalized spacial score (nSPS) is 13.0. The van der Waals surface area contributed by atoms with E-state index >= 15 is 0 Å². The Labute approximate surface area is 212 Å². The van der Waals surface area contributed by atoms with Gasteiger partial charge in [0.1, 0.15) is 13.6 Å². The average Bonchev–Trinajstić information content (AvgIpc) is 2.89. The Balaban J connectivity index is 0. The Kier molecular flexibility index (Phi) is 21.2. The zero-order valence-corrected chi connectivity index (χ0v) is 22.5. The highest BCUT2D eigenvalue weighted by Gasteiger charge is 2.20. The second-order valence-corrected chi connectivity index (χ2v) is 8.33. The van der Waals surface area contributed by atoms with Crippen LogP contribution >= 0.6 is 11.6 Å². The minimum absolute atomic E-state index is 0.274. The van der Waals surface area contributed by atoms with Crippen molar-refractivity contribution < 1.29 is 18.4 Å². The molecule has 2 N–H and O–H groups in total. The first-order valence-corrected chi connectivity index (χ1v) is 12.6. The first-order chi connectivity index (χ1) is 16.5. The molecule has 1 atom stereocenters. The van der Waals surface area contributed by atoms with Gasteiger partial charge >= 0.3 is 0 Å². The lowest BCUT2D eigenvalue weighted by Crippen LogP contribution is -2.33. The zero-order chi connectivity index (χ0) is 26.5. The van der Waals surface area contributed by atoms with Gasteiger partial charge in [-0.3, -0.25) is 4.21 Å². The van der Waals surface area contributed by atoms with Crippen molar-refractivity contribution in [3.8, 4) is 0 Å². The number of hydrogen-bond donors (Lipinski definition) is 2. The number of nitrogens with zero attached hydrogens (tertiary/aromatic N) is 1. The second-order valence-electron chi connectivity index (χ2n) is 6.95. The van der Waals surface area contributed by atoms with Crippen LogP contribution in [-0.2, 0) is 20.7 Å². The van der Waals surface area contributed by atoms with Crippen molar-refractivity contribution >= 4 is 53.3 Å². The lowest BCUT2D eigenvalue weighted by molar-refractivity contribution is -0.0987. The highest BCUT2D eigenvalue weighted by Crippen LogP contribution is 2.35. The summed E-state index contributed by atoms with van der Waals surface area (Å²) in [5.41, 5.74) is 2.86. The summed E-state index contributed by atoms with van der Waals surface area (Å²) in [5.74, 6) is 0. The molecule has 3 rings (SSSR count). The summed E-state index contributed by atoms with van der Waals surface area (Å²) in [4.78, 5) is 18.6. The predicted molar refractivity (Wildman–Crippen MR) is 144 cm³/mol. The molecule has 34 heavy (non-hydrogen) atoms. The van der Waals surface area contributed by atoms with Gasteiger partial charge < -0.3 is 29.7 Å². The molecule has 0 amide bonds. The molecule has 1 fully saturated rings. The molecule has 9 heteroatoms. The van der Waals surface area contributed by atoms with Gasteiger partial charge in [0.05, 0.1) is 11.4 Å². The fraction of sp³-hybridized carbons (Fsp3) is 0.440. The molecule has 0 aliphatic heterocycles. The van der Waals surface area contributed by atoms with E-state index in [2.05, 4.69) is 22.6 Å². The van der Waals surface area contributed by atoms with E-state index in [9.17, 15) is 8.76 Å². The van der Waals surface area contributed by atoms with Gasteiger partial charge in [0.25, 0.3) is 0 Å². The Morgan fingerprint density at radius 2 is 1.47 bits per heavy atom. The fourth-order valence-electron chi connectivity index (χ4n) is 3.39. The topological polar surface area (TPSA) is 102 Å². The molecule has 7 nitrogen and oxygen atoms in total. The molecule has 192 valence electrons. The standard InChI is InChI=1S/C19H23ClN2O2S.C2H7N.C2H6.2CH2O/c1-22(16-5-3-2-4-6-16)19-12-7-14(20)13-18(19)21-15-8-10-17(11-9-15)25(23)24;1-3-2;3*1-2/h7-13,16,21H,2-6H2,1H3,(H,23,24);3H,1-2H3;1-2H3;2*1H2/p-1. The molecule has 0 bridgehead atoms. The van der Waals surface area contributed by atoms with Crippen LogP contribution in [0.25, 0.3) is 0 Å². The van der Waals surface area contributed by atoms with Crippen LogP contribution in [-0.4, -0.2) is 49.5 Å². The van der Waals surface area contributed by atoms with E-state index in [-0.39, 0.29) is 4.90 Å². The Morgan fingerprint density at radius 1 is 0.971 bits per heavy atom. The number of carbonyl (C=O) groups excluding carboxylic acids is 2. The molecule has 1 aliphatic carbocycles. The monoisotopic (exact) mass is 512 g/mol. The Hall–Kier alpha value is -2.26. The van der Waals surface area contributed by atoms with Crippen LogP contribution in [0.3, 0.4) is 0 Å². The lowest BCUT2D eigenvalue weighted by Gasteiger charge is -2.34. The number of halogens is 1. The van der Waals surface area contributed by atoms with Crippen molar-refractivity contribution in [2.24, 2.45) is 0 Å². The summed E-state index contributed by atoms with van der Waals surface area (Å²) in [6, 6.07) is 13.1. The largest absolute Gasteiger partial charge is 0.768 e. The SMILES string of the molecule is C=O.C=O.CC.CN(c1ccc(Cl)cc1Nc1ccc(S(=O)[O-])cc1)C1CCCCC1.CNC. The minimum Gasteiger partial charge on any atom is -0.768 e. The summed E-state index contributed by atoms with van der Waals surface area (Å²) in [7, 11) is 5.88. The maximum atomic E-state index is 11.0.